The Labute approximate surface area is 130 Å². The Kier molecular flexibility index (Phi) is 6.11. The highest BCUT2D eigenvalue weighted by atomic mass is 32.2. The number of amides is 2. The van der Waals surface area contributed by atoms with Gasteiger partial charge in [-0.1, -0.05) is 25.1 Å². The van der Waals surface area contributed by atoms with Crippen LogP contribution in [0.1, 0.15) is 19.8 Å². The van der Waals surface area contributed by atoms with Crippen molar-refractivity contribution in [1.82, 2.24) is 9.80 Å². The van der Waals surface area contributed by atoms with Gasteiger partial charge >= 0.3 is 0 Å². The lowest BCUT2D eigenvalue weighted by Crippen LogP contribution is -2.37. The van der Waals surface area contributed by atoms with E-state index in [-0.39, 0.29) is 11.8 Å². The average Bonchev–Trinajstić information content (AvgIpc) is 2.69. The molecule has 21 heavy (non-hydrogen) atoms. The third kappa shape index (κ3) is 4.77. The molecule has 2 amide bonds. The first kappa shape index (κ1) is 15.9. The van der Waals surface area contributed by atoms with E-state index in [9.17, 15) is 9.59 Å². The van der Waals surface area contributed by atoms with Crippen LogP contribution in [-0.2, 0) is 9.59 Å². The molecule has 2 rings (SSSR count). The smallest absolute Gasteiger partial charge is 0.233 e. The van der Waals surface area contributed by atoms with Gasteiger partial charge in [-0.25, -0.2) is 0 Å². The second kappa shape index (κ2) is 8.08. The average molecular weight is 306 g/mol. The summed E-state index contributed by atoms with van der Waals surface area (Å²) >= 11 is 1.55. The molecule has 0 atom stereocenters. The Balaban J connectivity index is 1.84. The lowest BCUT2D eigenvalue weighted by molar-refractivity contribution is -0.130. The van der Waals surface area contributed by atoms with Crippen LogP contribution < -0.4 is 0 Å². The van der Waals surface area contributed by atoms with Crippen LogP contribution in [0.5, 0.6) is 0 Å². The minimum absolute atomic E-state index is 0.120. The van der Waals surface area contributed by atoms with Crippen LogP contribution in [-0.4, -0.2) is 53.5 Å². The Morgan fingerprint density at radius 2 is 1.95 bits per heavy atom. The number of hydrogen-bond acceptors (Lipinski definition) is 3. The summed E-state index contributed by atoms with van der Waals surface area (Å²) in [4.78, 5) is 29.0. The molecule has 1 saturated heterocycles. The van der Waals surface area contributed by atoms with E-state index in [0.717, 1.165) is 17.9 Å². The Bertz CT molecular complexity index is 478. The second-order valence-corrected chi connectivity index (χ2v) is 6.16. The molecule has 1 aliphatic heterocycles. The third-order valence-electron chi connectivity index (χ3n) is 3.54. The molecule has 0 radical (unpaired) electrons. The van der Waals surface area contributed by atoms with E-state index in [1.54, 1.807) is 11.8 Å². The largest absolute Gasteiger partial charge is 0.341 e. The minimum Gasteiger partial charge on any atom is -0.341 e. The van der Waals surface area contributed by atoms with Crippen molar-refractivity contribution in [3.8, 4) is 0 Å². The van der Waals surface area contributed by atoms with Crippen LogP contribution in [0.3, 0.4) is 0 Å². The zero-order valence-corrected chi connectivity index (χ0v) is 13.3. The van der Waals surface area contributed by atoms with Crippen LogP contribution >= 0.6 is 11.8 Å². The summed E-state index contributed by atoms with van der Waals surface area (Å²) < 4.78 is 0. The van der Waals surface area contributed by atoms with Gasteiger partial charge in [0, 0.05) is 37.5 Å². The van der Waals surface area contributed by atoms with Gasteiger partial charge in [0.2, 0.25) is 11.8 Å². The van der Waals surface area contributed by atoms with Crippen LogP contribution in [0.2, 0.25) is 0 Å². The van der Waals surface area contributed by atoms with Crippen molar-refractivity contribution in [2.24, 2.45) is 0 Å². The fourth-order valence-corrected chi connectivity index (χ4v) is 3.20. The summed E-state index contributed by atoms with van der Waals surface area (Å²) in [7, 11) is 0. The molecule has 4 nitrogen and oxygen atoms in total. The van der Waals surface area contributed by atoms with Crippen molar-refractivity contribution >= 4 is 23.6 Å². The molecular formula is C16H22N2O2S. The van der Waals surface area contributed by atoms with E-state index in [1.165, 1.54) is 0 Å². The van der Waals surface area contributed by atoms with E-state index in [1.807, 2.05) is 40.1 Å². The van der Waals surface area contributed by atoms with Crippen molar-refractivity contribution in [1.29, 1.82) is 0 Å². The van der Waals surface area contributed by atoms with Crippen LogP contribution in [0, 0.1) is 0 Å². The summed E-state index contributed by atoms with van der Waals surface area (Å²) in [5, 5.41) is 0. The van der Waals surface area contributed by atoms with E-state index in [4.69, 9.17) is 0 Å². The second-order valence-electron chi connectivity index (χ2n) is 5.11. The molecule has 1 aromatic rings. The van der Waals surface area contributed by atoms with Gasteiger partial charge in [0.1, 0.15) is 0 Å². The van der Waals surface area contributed by atoms with Gasteiger partial charge in [0.25, 0.3) is 0 Å². The van der Waals surface area contributed by atoms with Crippen LogP contribution in [0.25, 0.3) is 0 Å². The van der Waals surface area contributed by atoms with Crippen LogP contribution in [0.4, 0.5) is 0 Å². The number of carbonyl (C=O) groups excluding carboxylic acids is 2. The zero-order valence-electron chi connectivity index (χ0n) is 12.5. The summed E-state index contributed by atoms with van der Waals surface area (Å²) in [6.07, 6.45) is 1.41. The zero-order chi connectivity index (χ0) is 15.1. The number of hydrogen-bond donors (Lipinski definition) is 0. The molecule has 0 bridgehead atoms. The van der Waals surface area contributed by atoms with E-state index in [2.05, 4.69) is 6.92 Å². The van der Waals surface area contributed by atoms with Crippen LogP contribution in [0.15, 0.2) is 35.2 Å². The van der Waals surface area contributed by atoms with Gasteiger partial charge in [-0.2, -0.15) is 0 Å². The lowest BCUT2D eigenvalue weighted by Gasteiger charge is -2.21. The first-order valence-electron chi connectivity index (χ1n) is 7.44. The quantitative estimate of drug-likeness (QED) is 0.784. The van der Waals surface area contributed by atoms with Crippen molar-refractivity contribution in [2.45, 2.75) is 24.7 Å². The lowest BCUT2D eigenvalue weighted by atomic mass is 10.3. The van der Waals surface area contributed by atoms with E-state index in [0.29, 0.717) is 31.8 Å². The predicted octanol–water partition coefficient (Wildman–Crippen LogP) is 2.25. The normalized spacial score (nSPS) is 16.0. The van der Waals surface area contributed by atoms with E-state index < -0.39 is 0 Å². The van der Waals surface area contributed by atoms with Crippen molar-refractivity contribution in [2.75, 3.05) is 31.9 Å². The number of thioether (sulfide) groups is 1. The summed E-state index contributed by atoms with van der Waals surface area (Å²) in [5.74, 6) is 0.726. The Morgan fingerprint density at radius 1 is 1.19 bits per heavy atom. The molecular weight excluding hydrogens is 284 g/mol. The summed E-state index contributed by atoms with van der Waals surface area (Å²) in [6.45, 7) is 4.72. The molecule has 0 aromatic heterocycles. The van der Waals surface area contributed by atoms with Crippen molar-refractivity contribution in [3.63, 3.8) is 0 Å². The fourth-order valence-electron chi connectivity index (χ4n) is 2.38. The molecule has 1 aromatic carbocycles. The maximum atomic E-state index is 12.3. The number of carbonyl (C=O) groups is 2. The van der Waals surface area contributed by atoms with Gasteiger partial charge in [0.05, 0.1) is 5.75 Å². The van der Waals surface area contributed by atoms with Crippen molar-refractivity contribution < 1.29 is 9.59 Å². The molecule has 1 fully saturated rings. The highest BCUT2D eigenvalue weighted by molar-refractivity contribution is 8.00. The van der Waals surface area contributed by atoms with Gasteiger partial charge in [-0.3, -0.25) is 9.59 Å². The Hall–Kier alpha value is -1.49. The predicted molar refractivity (Wildman–Crippen MR) is 85.2 cm³/mol. The molecule has 114 valence electrons. The third-order valence-corrected chi connectivity index (χ3v) is 4.54. The number of nitrogens with zero attached hydrogens (tertiary/aromatic N) is 2. The number of rotatable bonds is 5. The Morgan fingerprint density at radius 3 is 2.67 bits per heavy atom. The first-order valence-corrected chi connectivity index (χ1v) is 8.42. The molecule has 0 aliphatic carbocycles. The molecule has 0 spiro atoms. The summed E-state index contributed by atoms with van der Waals surface area (Å²) in [5.41, 5.74) is 0. The minimum atomic E-state index is 0.120. The number of benzene rings is 1. The highest BCUT2D eigenvalue weighted by Gasteiger charge is 2.23. The van der Waals surface area contributed by atoms with E-state index >= 15 is 0 Å². The molecule has 0 saturated carbocycles. The SMILES string of the molecule is CCCN1CCN(C(=O)CSc2ccccc2)CCC1=O. The maximum absolute atomic E-state index is 12.3. The molecule has 1 heterocycles. The van der Waals surface area contributed by atoms with Gasteiger partial charge < -0.3 is 9.80 Å². The molecule has 0 N–H and O–H groups in total. The molecule has 5 heteroatoms. The van der Waals surface area contributed by atoms with Gasteiger partial charge in [0.15, 0.2) is 0 Å². The standard InChI is InChI=1S/C16H22N2O2S/c1-2-9-17-11-12-18(10-8-15(17)19)16(20)13-21-14-6-4-3-5-7-14/h3-7H,2,8-13H2,1H3. The topological polar surface area (TPSA) is 40.6 Å². The van der Waals surface area contributed by atoms with Crippen molar-refractivity contribution in [3.05, 3.63) is 30.3 Å². The molecule has 1 aliphatic rings. The fraction of sp³-hybridized carbons (Fsp3) is 0.500. The molecule has 0 unspecified atom stereocenters. The van der Waals surface area contributed by atoms with Gasteiger partial charge in [-0.05, 0) is 18.6 Å². The van der Waals surface area contributed by atoms with Gasteiger partial charge in [-0.15, -0.1) is 11.8 Å². The monoisotopic (exact) mass is 306 g/mol. The maximum Gasteiger partial charge on any atom is 0.233 e. The summed E-state index contributed by atoms with van der Waals surface area (Å²) in [6, 6.07) is 9.93. The first-order chi connectivity index (χ1) is 10.2. The highest BCUT2D eigenvalue weighted by Crippen LogP contribution is 2.18.